The zero-order valence-electron chi connectivity index (χ0n) is 83.1. The van der Waals surface area contributed by atoms with E-state index in [-0.39, 0.29) is 57.3 Å². The van der Waals surface area contributed by atoms with Crippen LogP contribution < -0.4 is 28.4 Å². The highest BCUT2D eigenvalue weighted by atomic mass is 32.2. The van der Waals surface area contributed by atoms with Crippen LogP contribution in [-0.4, -0.2) is 90.4 Å². The maximum Gasteiger partial charge on any atom is 0.204 e. The lowest BCUT2D eigenvalue weighted by molar-refractivity contribution is 0.0830. The van der Waals surface area contributed by atoms with Crippen LogP contribution in [-0.2, 0) is 43.6 Å². The van der Waals surface area contributed by atoms with Gasteiger partial charge in [-0.1, -0.05) is 231 Å². The number of benzene rings is 8. The second kappa shape index (κ2) is 48.9. The summed E-state index contributed by atoms with van der Waals surface area (Å²) in [7, 11) is 1.31. The molecule has 11 fully saturated rings. The predicted octanol–water partition coefficient (Wildman–Crippen LogP) is 32.5. The molecule has 8 aromatic carbocycles. The molecule has 0 N–H and O–H groups in total. The molecule has 0 amide bonds. The summed E-state index contributed by atoms with van der Waals surface area (Å²) in [5.41, 5.74) is 3.02. The molecule has 8 aromatic rings. The van der Waals surface area contributed by atoms with E-state index in [1.807, 2.05) is 0 Å². The lowest BCUT2D eigenvalue weighted by atomic mass is 9.72. The molecule has 7 aliphatic carbocycles. The van der Waals surface area contributed by atoms with Crippen LogP contribution in [0.3, 0.4) is 0 Å². The van der Waals surface area contributed by atoms with Crippen LogP contribution in [0.5, 0.6) is 34.5 Å². The Morgan fingerprint density at radius 3 is 1.30 bits per heavy atom. The molecule has 4 unspecified atom stereocenters. The Hall–Kier alpha value is -5.33. The molecule has 11 heteroatoms. The predicted molar refractivity (Wildman–Crippen MR) is 564 cm³/mol. The van der Waals surface area contributed by atoms with Gasteiger partial charge < -0.3 is 58.1 Å². The van der Waals surface area contributed by atoms with Crippen molar-refractivity contribution in [3.63, 3.8) is 0 Å². The van der Waals surface area contributed by atoms with Crippen LogP contribution in [0.25, 0.3) is 43.1 Å². The van der Waals surface area contributed by atoms with Gasteiger partial charge in [0, 0.05) is 123 Å². The van der Waals surface area contributed by atoms with Crippen LogP contribution in [0.15, 0.2) is 141 Å². The average molecular weight is 1830 g/mol. The molecule has 19 rings (SSSR count). The quantitative estimate of drug-likeness (QED) is 0.0359. The van der Waals surface area contributed by atoms with Gasteiger partial charge in [-0.15, -0.1) is 0 Å². The summed E-state index contributed by atoms with van der Waals surface area (Å²) >= 11 is 0. The largest absolute Gasteiger partial charge is 0.493 e. The molecule has 4 aliphatic heterocycles. The Morgan fingerprint density at radius 2 is 0.783 bits per heavy atom. The molecule has 7 saturated carbocycles. The molecule has 0 spiro atoms. The number of Topliss-reactive ketones (excluding diaryl/α,β-unsaturated/α-hetero) is 1. The van der Waals surface area contributed by atoms with Gasteiger partial charge in [-0.3, -0.25) is 4.79 Å². The lowest BCUT2D eigenvalue weighted by Crippen LogP contribution is -2.31. The van der Waals surface area contributed by atoms with E-state index in [0.717, 1.165) is 150 Å². The van der Waals surface area contributed by atoms with E-state index >= 15 is 0 Å². The summed E-state index contributed by atoms with van der Waals surface area (Å²) in [6.07, 6.45) is 50.0. The molecule has 129 heavy (non-hydrogen) atoms. The van der Waals surface area contributed by atoms with Crippen molar-refractivity contribution in [2.75, 3.05) is 72.5 Å². The van der Waals surface area contributed by atoms with E-state index in [9.17, 15) is 4.79 Å². The zero-order valence-corrected chi connectivity index (χ0v) is 86.4. The van der Waals surface area contributed by atoms with Crippen LogP contribution in [0.1, 0.15) is 316 Å². The molecule has 0 radical (unpaired) electrons. The molecule has 4 atom stereocenters. The normalized spacial score (nSPS) is 25.0. The fraction of sp³-hybridized carbons (Fsp3) is 0.619. The van der Waals surface area contributed by atoms with Crippen LogP contribution >= 0.6 is 0 Å². The Bertz CT molecular complexity index is 4750. The second-order valence-electron chi connectivity index (χ2n) is 43.0. The summed E-state index contributed by atoms with van der Waals surface area (Å²) in [6.45, 7) is 26.6. The number of ether oxygens (including phenoxy) is 6. The average Bonchev–Trinajstić information content (AvgIpc) is 1.72. The standard InChI is InChI=1S/C34H51O2S.C32H45O2S.C25H35OS.C23H29O2S.4CH3/c1-33(2,3)24-13-17-26(18-14-24)35-30-23-31(36-27-19-15-25(16-20-27)34(4,5)6)32(37-21-9-10-22-37)29-12-8-7-11-28(29)30;1-3-10-24(11-4-1)20-33-29-18-19-31(35-22-26-14-7-8-15-27(26)23-35)32-28(29)16-9-17-30(32)34-21-25-12-5-2-6-13-25;1-18-15-24(26-14-13-21-9-5-4-6-10-21)22-11-7-8-12-23(22)25(18)27-16-19(2)20(3)17-27;1-17(24)21-16-22(26-14-6-7-15-26)19-10-4-5-11-20(19)23(21)25-13-12-18-8-2-3-9-18;;;;/h7-8,11-12,23-27H,9-10,13-22H2,1-6H3;9,16-19,24-27H,1-8,10-15,20-23H2;7-8,11-12,15,19-21H,4-6,9-10,13-14,16-17H2,1-3H3;4-5,10-11,16,18H,2-3,6-9,12-15H2,1H3;4*1H3/q4*+1;4*-1. The molecule has 0 bridgehead atoms. The monoisotopic (exact) mass is 1830 g/mol. The fourth-order valence-electron chi connectivity index (χ4n) is 23.9. The Morgan fingerprint density at radius 1 is 0.349 bits per heavy atom. The minimum Gasteiger partial charge on any atom is -0.493 e. The molecule has 4 heterocycles. The van der Waals surface area contributed by atoms with Crippen LogP contribution in [0, 0.1) is 107 Å². The molecule has 0 aromatic heterocycles. The van der Waals surface area contributed by atoms with Gasteiger partial charge in [-0.2, -0.15) is 0 Å². The van der Waals surface area contributed by atoms with Gasteiger partial charge in [0.25, 0.3) is 0 Å². The highest BCUT2D eigenvalue weighted by molar-refractivity contribution is 7.98. The molecular weight excluding hydrogens is 1660 g/mol. The minimum absolute atomic E-state index is 0. The molecule has 4 saturated heterocycles. The van der Waals surface area contributed by atoms with Gasteiger partial charge >= 0.3 is 0 Å². The SMILES string of the molecule is CC(=O)c1cc([S+]2CCCC2)c2ccccc2c1OCCC1CCCC1.CC(C)(C)C1CCC(Oc2cc(OC3CCC(C(C)(C)C)CC3)c3ccccc3c2[S+]2CCCC2)CC1.Cc1cc(OCCC2CCCCC2)c2ccccc2c1[S+]1CC(C)C(C)C1.[CH3-].[CH3-].[CH3-].[CH3-].c1cc(OCC2CCCCC2)c2c([S+]3CC4CCCCC4C3)ccc(OCC3CCCCC3)c2c1. The first kappa shape index (κ1) is 103. The number of rotatable bonds is 23. The summed E-state index contributed by atoms with van der Waals surface area (Å²) < 4.78 is 39.7. The van der Waals surface area contributed by atoms with Gasteiger partial charge in [-0.05, 0) is 231 Å². The summed E-state index contributed by atoms with van der Waals surface area (Å²) in [6, 6.07) is 44.8. The molecule has 710 valence electrons. The smallest absolute Gasteiger partial charge is 0.204 e. The topological polar surface area (TPSA) is 72.5 Å². The maximum atomic E-state index is 12.4. The lowest BCUT2D eigenvalue weighted by Gasteiger charge is -2.37. The Balaban J connectivity index is 0.000000156. The maximum absolute atomic E-state index is 12.4. The van der Waals surface area contributed by atoms with E-state index in [0.29, 0.717) is 44.8 Å². The third-order valence-corrected chi connectivity index (χ3v) is 42.6. The fourth-order valence-corrected chi connectivity index (χ4v) is 35.6. The molecule has 11 aliphatic rings. The van der Waals surface area contributed by atoms with Crippen molar-refractivity contribution < 1.29 is 33.2 Å². The van der Waals surface area contributed by atoms with Gasteiger partial charge in [-0.25, -0.2) is 0 Å². The number of fused-ring (bicyclic) bond motifs is 5. The third kappa shape index (κ3) is 26.3. The van der Waals surface area contributed by atoms with Crippen molar-refractivity contribution in [2.24, 2.45) is 70.0 Å². The molecular formula is C118H172O7S4. The highest BCUT2D eigenvalue weighted by Gasteiger charge is 2.46. The Labute approximate surface area is 797 Å². The summed E-state index contributed by atoms with van der Waals surface area (Å²) in [5, 5.41) is 10.5. The van der Waals surface area contributed by atoms with Crippen molar-refractivity contribution in [1.82, 2.24) is 0 Å². The van der Waals surface area contributed by atoms with E-state index in [1.54, 1.807) is 16.7 Å². The first-order valence-corrected chi connectivity index (χ1v) is 57.3. The van der Waals surface area contributed by atoms with E-state index in [2.05, 4.69) is 184 Å². The number of aryl methyl sites for hydroxylation is 1. The van der Waals surface area contributed by atoms with Crippen molar-refractivity contribution >= 4 is 92.5 Å². The van der Waals surface area contributed by atoms with E-state index in [1.165, 1.54) is 317 Å². The van der Waals surface area contributed by atoms with Crippen molar-refractivity contribution in [3.8, 4) is 34.5 Å². The Kier molecular flexibility index (Phi) is 38.9. The number of hydrogen-bond acceptors (Lipinski definition) is 7. The number of hydrogen-bond donors (Lipinski definition) is 0. The molecule has 7 nitrogen and oxygen atoms in total. The minimum atomic E-state index is 0. The summed E-state index contributed by atoms with van der Waals surface area (Å²) in [5.74, 6) is 25.5. The van der Waals surface area contributed by atoms with Gasteiger partial charge in [0.2, 0.25) is 4.90 Å². The first-order chi connectivity index (χ1) is 60.8. The number of carbonyl (C=O) groups is 1. The van der Waals surface area contributed by atoms with Crippen LogP contribution in [0.2, 0.25) is 0 Å². The van der Waals surface area contributed by atoms with Crippen molar-refractivity contribution in [3.05, 3.63) is 162 Å². The summed E-state index contributed by atoms with van der Waals surface area (Å²) in [4.78, 5) is 18.5. The van der Waals surface area contributed by atoms with E-state index in [4.69, 9.17) is 28.4 Å². The first-order valence-electron chi connectivity index (χ1n) is 51.1. The van der Waals surface area contributed by atoms with Gasteiger partial charge in [0.05, 0.1) is 49.6 Å². The second-order valence-corrected chi connectivity index (χ2v) is 51.6. The van der Waals surface area contributed by atoms with Crippen molar-refractivity contribution in [2.45, 2.75) is 339 Å². The van der Waals surface area contributed by atoms with Crippen molar-refractivity contribution in [1.29, 1.82) is 0 Å². The number of ketones is 1. The van der Waals surface area contributed by atoms with Gasteiger partial charge in [0.15, 0.2) is 26.2 Å². The van der Waals surface area contributed by atoms with Gasteiger partial charge in [0.1, 0.15) is 74.8 Å². The third-order valence-electron chi connectivity index (χ3n) is 31.9. The van der Waals surface area contributed by atoms with Crippen LogP contribution in [0.4, 0.5) is 0 Å². The highest BCUT2D eigenvalue weighted by Crippen LogP contribution is 2.51. The van der Waals surface area contributed by atoms with E-state index < -0.39 is 0 Å². The zero-order chi connectivity index (χ0) is 86.4. The number of carbonyl (C=O) groups excluding carboxylic acids is 1.